The van der Waals surface area contributed by atoms with Gasteiger partial charge < -0.3 is 14.8 Å². The van der Waals surface area contributed by atoms with Crippen molar-refractivity contribution < 1.29 is 22.7 Å². The molecule has 0 saturated carbocycles. The van der Waals surface area contributed by atoms with Gasteiger partial charge in [0.2, 0.25) is 10.0 Å². The van der Waals surface area contributed by atoms with Crippen molar-refractivity contribution in [1.29, 1.82) is 0 Å². The van der Waals surface area contributed by atoms with Gasteiger partial charge in [0.1, 0.15) is 0 Å². The molecule has 0 spiro atoms. The van der Waals surface area contributed by atoms with Crippen LogP contribution in [0.1, 0.15) is 36.7 Å². The van der Waals surface area contributed by atoms with Crippen molar-refractivity contribution in [2.24, 2.45) is 0 Å². The molecule has 2 N–H and O–H groups in total. The highest BCUT2D eigenvalue weighted by Crippen LogP contribution is 2.31. The number of amides is 1. The number of hydrogen-bond donors (Lipinski definition) is 2. The minimum absolute atomic E-state index is 0.0480. The number of carbonyl (C=O) groups is 1. The molecule has 2 aromatic carbocycles. The lowest BCUT2D eigenvalue weighted by Gasteiger charge is -2.14. The third-order valence-electron chi connectivity index (χ3n) is 3.90. The molecule has 0 aliphatic rings. The largest absolute Gasteiger partial charge is 0.490 e. The number of aryl methyl sites for hydroxylation is 1. The third-order valence-corrected chi connectivity index (χ3v) is 5.44. The van der Waals surface area contributed by atoms with Crippen molar-refractivity contribution in [3.8, 4) is 11.5 Å². The molecule has 28 heavy (non-hydrogen) atoms. The average molecular weight is 407 g/mol. The molecule has 1 amide bonds. The number of anilines is 1. The molecule has 0 aliphatic carbocycles. The Morgan fingerprint density at radius 2 is 1.64 bits per heavy atom. The standard InChI is InChI=1S/C20H26N2O5S/c1-5-21-28(24,25)16-10-8-14(4)17(13-16)20(23)22-15-9-11-18(26-6-2)19(12-15)27-7-3/h8-13,21H,5-7H2,1-4H3,(H,22,23). The van der Waals surface area contributed by atoms with E-state index in [1.807, 2.05) is 13.8 Å². The number of rotatable bonds is 9. The van der Waals surface area contributed by atoms with Gasteiger partial charge in [-0.2, -0.15) is 0 Å². The normalized spacial score (nSPS) is 11.1. The highest BCUT2D eigenvalue weighted by molar-refractivity contribution is 7.89. The summed E-state index contributed by atoms with van der Waals surface area (Å²) in [6, 6.07) is 9.59. The summed E-state index contributed by atoms with van der Waals surface area (Å²) >= 11 is 0. The lowest BCUT2D eigenvalue weighted by atomic mass is 10.1. The molecule has 0 atom stereocenters. The lowest BCUT2D eigenvalue weighted by Crippen LogP contribution is -2.24. The van der Waals surface area contributed by atoms with E-state index in [2.05, 4.69) is 10.0 Å². The number of nitrogens with one attached hydrogen (secondary N) is 2. The van der Waals surface area contributed by atoms with E-state index in [0.717, 1.165) is 0 Å². The van der Waals surface area contributed by atoms with Gasteiger partial charge in [-0.1, -0.05) is 13.0 Å². The first kappa shape index (κ1) is 21.7. The monoisotopic (exact) mass is 406 g/mol. The molecule has 2 rings (SSSR count). The maximum atomic E-state index is 12.8. The quantitative estimate of drug-likeness (QED) is 0.666. The maximum absolute atomic E-state index is 12.8. The molecule has 0 radical (unpaired) electrons. The van der Waals surface area contributed by atoms with Crippen LogP contribution in [-0.4, -0.2) is 34.1 Å². The number of sulfonamides is 1. The molecule has 0 saturated heterocycles. The van der Waals surface area contributed by atoms with Crippen molar-refractivity contribution in [3.63, 3.8) is 0 Å². The first-order valence-corrected chi connectivity index (χ1v) is 10.6. The van der Waals surface area contributed by atoms with Crippen LogP contribution in [0, 0.1) is 6.92 Å². The number of ether oxygens (including phenoxy) is 2. The summed E-state index contributed by atoms with van der Waals surface area (Å²) in [5, 5.41) is 2.79. The summed E-state index contributed by atoms with van der Waals surface area (Å²) in [6.07, 6.45) is 0. The van der Waals surface area contributed by atoms with Gasteiger partial charge in [0, 0.05) is 23.9 Å². The minimum atomic E-state index is -3.65. The first-order chi connectivity index (χ1) is 13.3. The van der Waals surface area contributed by atoms with Crippen molar-refractivity contribution in [3.05, 3.63) is 47.5 Å². The lowest BCUT2D eigenvalue weighted by molar-refractivity contribution is 0.102. The SMILES string of the molecule is CCNS(=O)(=O)c1ccc(C)c(C(=O)Nc2ccc(OCC)c(OCC)c2)c1. The van der Waals surface area contributed by atoms with Crippen LogP contribution in [0.3, 0.4) is 0 Å². The molecular weight excluding hydrogens is 380 g/mol. The predicted molar refractivity (Wildman–Crippen MR) is 109 cm³/mol. The molecule has 152 valence electrons. The van der Waals surface area contributed by atoms with Gasteiger partial charge in [0.25, 0.3) is 5.91 Å². The summed E-state index contributed by atoms with van der Waals surface area (Å²) in [4.78, 5) is 12.8. The second-order valence-corrected chi connectivity index (χ2v) is 7.73. The van der Waals surface area contributed by atoms with Crippen LogP contribution in [0.2, 0.25) is 0 Å². The van der Waals surface area contributed by atoms with E-state index in [4.69, 9.17) is 9.47 Å². The fraction of sp³-hybridized carbons (Fsp3) is 0.350. The maximum Gasteiger partial charge on any atom is 0.255 e. The van der Waals surface area contributed by atoms with Gasteiger partial charge in [0.05, 0.1) is 18.1 Å². The zero-order valence-electron chi connectivity index (χ0n) is 16.5. The van der Waals surface area contributed by atoms with E-state index in [-0.39, 0.29) is 17.0 Å². The summed E-state index contributed by atoms with van der Waals surface area (Å²) in [6.45, 7) is 8.41. The Balaban J connectivity index is 2.31. The Morgan fingerprint density at radius 1 is 0.964 bits per heavy atom. The van der Waals surface area contributed by atoms with Gasteiger partial charge in [-0.3, -0.25) is 4.79 Å². The Bertz CT molecular complexity index is 942. The van der Waals surface area contributed by atoms with Crippen LogP contribution in [0.5, 0.6) is 11.5 Å². The number of carbonyl (C=O) groups excluding carboxylic acids is 1. The third kappa shape index (κ3) is 5.24. The van der Waals surface area contributed by atoms with E-state index in [1.54, 1.807) is 38.1 Å². The Kier molecular flexibility index (Phi) is 7.42. The van der Waals surface area contributed by atoms with Crippen LogP contribution in [0.15, 0.2) is 41.3 Å². The molecular formula is C20H26N2O5S. The second-order valence-electron chi connectivity index (χ2n) is 5.96. The molecule has 0 aromatic heterocycles. The summed E-state index contributed by atoms with van der Waals surface area (Å²) in [5.74, 6) is 0.720. The van der Waals surface area contributed by atoms with Gasteiger partial charge in [-0.25, -0.2) is 13.1 Å². The second kappa shape index (κ2) is 9.57. The van der Waals surface area contributed by atoms with Crippen LogP contribution >= 0.6 is 0 Å². The summed E-state index contributed by atoms with van der Waals surface area (Å²) in [5.41, 5.74) is 1.48. The molecule has 8 heteroatoms. The fourth-order valence-corrected chi connectivity index (χ4v) is 3.68. The minimum Gasteiger partial charge on any atom is -0.490 e. The van der Waals surface area contributed by atoms with E-state index < -0.39 is 15.9 Å². The fourth-order valence-electron chi connectivity index (χ4n) is 2.61. The van der Waals surface area contributed by atoms with E-state index in [9.17, 15) is 13.2 Å². The smallest absolute Gasteiger partial charge is 0.255 e. The van der Waals surface area contributed by atoms with E-state index in [1.165, 1.54) is 12.1 Å². The zero-order chi connectivity index (χ0) is 20.7. The first-order valence-electron chi connectivity index (χ1n) is 9.13. The van der Waals surface area contributed by atoms with Gasteiger partial charge in [-0.15, -0.1) is 0 Å². The molecule has 0 bridgehead atoms. The van der Waals surface area contributed by atoms with Crippen LogP contribution in [-0.2, 0) is 10.0 Å². The van der Waals surface area contributed by atoms with Crippen LogP contribution in [0.4, 0.5) is 5.69 Å². The van der Waals surface area contributed by atoms with Crippen molar-refractivity contribution in [2.75, 3.05) is 25.1 Å². The van der Waals surface area contributed by atoms with Gasteiger partial charge >= 0.3 is 0 Å². The molecule has 0 aliphatic heterocycles. The predicted octanol–water partition coefficient (Wildman–Crippen LogP) is 3.34. The van der Waals surface area contributed by atoms with Crippen molar-refractivity contribution in [2.45, 2.75) is 32.6 Å². The molecule has 0 unspecified atom stereocenters. The van der Waals surface area contributed by atoms with Gasteiger partial charge in [0.15, 0.2) is 11.5 Å². The molecule has 0 heterocycles. The zero-order valence-corrected chi connectivity index (χ0v) is 17.4. The Morgan fingerprint density at radius 3 is 2.29 bits per heavy atom. The average Bonchev–Trinajstić information content (AvgIpc) is 2.64. The summed E-state index contributed by atoms with van der Waals surface area (Å²) in [7, 11) is -3.65. The molecule has 7 nitrogen and oxygen atoms in total. The Hall–Kier alpha value is -2.58. The van der Waals surface area contributed by atoms with Gasteiger partial charge in [-0.05, 0) is 50.6 Å². The highest BCUT2D eigenvalue weighted by Gasteiger charge is 2.18. The van der Waals surface area contributed by atoms with Crippen molar-refractivity contribution >= 4 is 21.6 Å². The molecule has 2 aromatic rings. The number of hydrogen-bond acceptors (Lipinski definition) is 5. The molecule has 0 fully saturated rings. The van der Waals surface area contributed by atoms with Crippen molar-refractivity contribution in [1.82, 2.24) is 4.72 Å². The Labute approximate surface area is 166 Å². The van der Waals surface area contributed by atoms with Crippen LogP contribution in [0.25, 0.3) is 0 Å². The summed E-state index contributed by atoms with van der Waals surface area (Å²) < 4.78 is 37.9. The van der Waals surface area contributed by atoms with E-state index >= 15 is 0 Å². The highest BCUT2D eigenvalue weighted by atomic mass is 32.2. The van der Waals surface area contributed by atoms with E-state index in [0.29, 0.717) is 36.0 Å². The number of benzene rings is 2. The topological polar surface area (TPSA) is 93.7 Å². The van der Waals surface area contributed by atoms with Crippen LogP contribution < -0.4 is 19.5 Å².